The second-order valence-corrected chi connectivity index (χ2v) is 7.78. The molecule has 3 heterocycles. The third-order valence-corrected chi connectivity index (χ3v) is 4.25. The van der Waals surface area contributed by atoms with Crippen LogP contribution in [-0.4, -0.2) is 43.6 Å². The van der Waals surface area contributed by atoms with Crippen molar-refractivity contribution in [3.05, 3.63) is 36.3 Å². The van der Waals surface area contributed by atoms with E-state index in [0.29, 0.717) is 0 Å². The van der Waals surface area contributed by atoms with E-state index >= 15 is 0 Å². The number of carbonyl (C=O) groups is 1. The SMILES string of the molecule is CC(C)(C)OC(=O)N1CCC(F)(F)CC1c1cn(-c2ncc(N)cc2F)cn1. The van der Waals surface area contributed by atoms with Crippen LogP contribution < -0.4 is 5.73 Å². The zero-order valence-electron chi connectivity index (χ0n) is 15.8. The van der Waals surface area contributed by atoms with Gasteiger partial charge in [-0.15, -0.1) is 0 Å². The first kappa shape index (κ1) is 20.0. The van der Waals surface area contributed by atoms with E-state index in [0.717, 1.165) is 6.07 Å². The zero-order valence-corrected chi connectivity index (χ0v) is 15.8. The molecule has 1 amide bonds. The number of rotatable bonds is 2. The molecule has 0 radical (unpaired) electrons. The molecule has 1 unspecified atom stereocenters. The van der Waals surface area contributed by atoms with E-state index in [4.69, 9.17) is 10.5 Å². The molecule has 1 aliphatic heterocycles. The Morgan fingerprint density at radius 3 is 2.71 bits per heavy atom. The number of nitrogen functional groups attached to an aromatic ring is 1. The highest BCUT2D eigenvalue weighted by Crippen LogP contribution is 2.40. The smallest absolute Gasteiger partial charge is 0.410 e. The minimum atomic E-state index is -2.95. The average molecular weight is 397 g/mol. The first-order valence-electron chi connectivity index (χ1n) is 8.78. The summed E-state index contributed by atoms with van der Waals surface area (Å²) >= 11 is 0. The summed E-state index contributed by atoms with van der Waals surface area (Å²) in [6.07, 6.45) is 2.17. The third-order valence-electron chi connectivity index (χ3n) is 4.25. The van der Waals surface area contributed by atoms with E-state index in [1.807, 2.05) is 0 Å². The van der Waals surface area contributed by atoms with Gasteiger partial charge < -0.3 is 10.5 Å². The number of halogens is 3. The molecule has 1 aliphatic rings. The number of ether oxygens (including phenoxy) is 1. The van der Waals surface area contributed by atoms with Crippen molar-refractivity contribution in [2.45, 2.75) is 51.2 Å². The molecule has 0 aliphatic carbocycles. The molecule has 1 fully saturated rings. The Balaban J connectivity index is 1.91. The number of nitrogens with two attached hydrogens (primary N) is 1. The van der Waals surface area contributed by atoms with Gasteiger partial charge in [-0.2, -0.15) is 0 Å². The van der Waals surface area contributed by atoms with Gasteiger partial charge in [0.05, 0.1) is 23.6 Å². The number of amides is 1. The zero-order chi connectivity index (χ0) is 20.7. The monoisotopic (exact) mass is 397 g/mol. The van der Waals surface area contributed by atoms with Crippen LogP contribution in [0.3, 0.4) is 0 Å². The number of carbonyl (C=O) groups excluding carboxylic acids is 1. The normalized spacial score (nSPS) is 19.5. The highest BCUT2D eigenvalue weighted by molar-refractivity contribution is 5.69. The summed E-state index contributed by atoms with van der Waals surface area (Å²) in [7, 11) is 0. The van der Waals surface area contributed by atoms with Crippen molar-refractivity contribution in [3.63, 3.8) is 0 Å². The van der Waals surface area contributed by atoms with Gasteiger partial charge in [-0.3, -0.25) is 9.47 Å². The fourth-order valence-electron chi connectivity index (χ4n) is 3.00. The number of alkyl halides is 2. The predicted octanol–water partition coefficient (Wildman–Crippen LogP) is 3.70. The maximum Gasteiger partial charge on any atom is 0.410 e. The van der Waals surface area contributed by atoms with Crippen LogP contribution >= 0.6 is 0 Å². The summed E-state index contributed by atoms with van der Waals surface area (Å²) in [5.41, 5.74) is 5.08. The summed E-state index contributed by atoms with van der Waals surface area (Å²) in [5, 5.41) is 0. The van der Waals surface area contributed by atoms with E-state index in [9.17, 15) is 18.0 Å². The Labute approximate surface area is 160 Å². The molecule has 152 valence electrons. The number of piperidine rings is 1. The topological polar surface area (TPSA) is 86.3 Å². The van der Waals surface area contributed by atoms with Crippen molar-refractivity contribution in [1.29, 1.82) is 0 Å². The molecule has 2 aromatic heterocycles. The molecule has 2 N–H and O–H groups in total. The van der Waals surface area contributed by atoms with Crippen molar-refractivity contribution in [2.75, 3.05) is 12.3 Å². The lowest BCUT2D eigenvalue weighted by atomic mass is 9.97. The molecule has 0 saturated carbocycles. The van der Waals surface area contributed by atoms with Gasteiger partial charge >= 0.3 is 6.09 Å². The molecule has 0 aromatic carbocycles. The summed E-state index contributed by atoms with van der Waals surface area (Å²) in [6, 6.07) is 0.0979. The maximum absolute atomic E-state index is 14.1. The van der Waals surface area contributed by atoms with E-state index in [-0.39, 0.29) is 23.7 Å². The maximum atomic E-state index is 14.1. The Bertz CT molecular complexity index is 878. The van der Waals surface area contributed by atoms with Crippen LogP contribution in [0.5, 0.6) is 0 Å². The quantitative estimate of drug-likeness (QED) is 0.835. The van der Waals surface area contributed by atoms with Gasteiger partial charge in [-0.25, -0.2) is 27.9 Å². The number of nitrogens with zero attached hydrogens (tertiary/aromatic N) is 4. The number of aromatic nitrogens is 3. The minimum Gasteiger partial charge on any atom is -0.444 e. The average Bonchev–Trinajstić information content (AvgIpc) is 3.01. The minimum absolute atomic E-state index is 0.0701. The lowest BCUT2D eigenvalue weighted by Gasteiger charge is -2.39. The number of anilines is 1. The first-order chi connectivity index (χ1) is 13.0. The predicted molar refractivity (Wildman–Crippen MR) is 95.6 cm³/mol. The van der Waals surface area contributed by atoms with Crippen LogP contribution in [0.15, 0.2) is 24.8 Å². The molecule has 1 atom stereocenters. The molecular weight excluding hydrogens is 375 g/mol. The standard InChI is InChI=1S/C18H22F3N5O2/c1-17(2,3)28-16(27)26-5-4-18(20,21)7-14(26)13-9-25(10-24-13)15-12(19)6-11(22)8-23-15/h6,8-10,14H,4-5,7,22H2,1-3H3. The van der Waals surface area contributed by atoms with Gasteiger partial charge in [0.25, 0.3) is 5.92 Å². The molecule has 28 heavy (non-hydrogen) atoms. The second kappa shape index (κ2) is 6.99. The van der Waals surface area contributed by atoms with Gasteiger partial charge in [0.2, 0.25) is 0 Å². The molecule has 10 heteroatoms. The van der Waals surface area contributed by atoms with Crippen LogP contribution in [0.2, 0.25) is 0 Å². The Hall–Kier alpha value is -2.78. The van der Waals surface area contributed by atoms with Crippen molar-refractivity contribution >= 4 is 11.8 Å². The van der Waals surface area contributed by atoms with E-state index in [1.54, 1.807) is 20.8 Å². The summed E-state index contributed by atoms with van der Waals surface area (Å²) < 4.78 is 48.8. The molecule has 1 saturated heterocycles. The van der Waals surface area contributed by atoms with Crippen molar-refractivity contribution in [3.8, 4) is 5.82 Å². The number of pyridine rings is 1. The van der Waals surface area contributed by atoms with Gasteiger partial charge in [0.15, 0.2) is 11.6 Å². The van der Waals surface area contributed by atoms with Gasteiger partial charge in [-0.1, -0.05) is 0 Å². The first-order valence-corrected chi connectivity index (χ1v) is 8.78. The second-order valence-electron chi connectivity index (χ2n) is 7.78. The Morgan fingerprint density at radius 2 is 2.07 bits per heavy atom. The molecular formula is C18H22F3N5O2. The lowest BCUT2D eigenvalue weighted by molar-refractivity contribution is -0.0815. The van der Waals surface area contributed by atoms with Crippen molar-refractivity contribution in [1.82, 2.24) is 19.4 Å². The fourth-order valence-corrected chi connectivity index (χ4v) is 3.00. The van der Waals surface area contributed by atoms with Gasteiger partial charge in [0, 0.05) is 31.6 Å². The Morgan fingerprint density at radius 1 is 1.36 bits per heavy atom. The van der Waals surface area contributed by atoms with Crippen molar-refractivity contribution in [2.24, 2.45) is 0 Å². The lowest BCUT2D eigenvalue weighted by Crippen LogP contribution is -2.47. The number of hydrogen-bond donors (Lipinski definition) is 1. The van der Waals surface area contributed by atoms with Crippen LogP contribution in [-0.2, 0) is 4.74 Å². The number of hydrogen-bond acceptors (Lipinski definition) is 5. The highest BCUT2D eigenvalue weighted by Gasteiger charge is 2.44. The number of imidazole rings is 1. The molecule has 0 bridgehead atoms. The van der Waals surface area contributed by atoms with Crippen LogP contribution in [0, 0.1) is 5.82 Å². The fraction of sp³-hybridized carbons (Fsp3) is 0.500. The van der Waals surface area contributed by atoms with E-state index < -0.39 is 42.3 Å². The van der Waals surface area contributed by atoms with Crippen molar-refractivity contribution < 1.29 is 22.7 Å². The summed E-state index contributed by atoms with van der Waals surface area (Å²) in [6.45, 7) is 4.92. The molecule has 0 spiro atoms. The number of likely N-dealkylation sites (tertiary alicyclic amines) is 1. The van der Waals surface area contributed by atoms with Crippen LogP contribution in [0.4, 0.5) is 23.7 Å². The molecule has 7 nitrogen and oxygen atoms in total. The van der Waals surface area contributed by atoms with Gasteiger partial charge in [0.1, 0.15) is 11.9 Å². The van der Waals surface area contributed by atoms with E-state index in [2.05, 4.69) is 9.97 Å². The Kier molecular flexibility index (Phi) is 4.99. The van der Waals surface area contributed by atoms with Gasteiger partial charge in [-0.05, 0) is 20.8 Å². The van der Waals surface area contributed by atoms with E-state index in [1.165, 1.54) is 28.2 Å². The van der Waals surface area contributed by atoms with Crippen LogP contribution in [0.25, 0.3) is 5.82 Å². The van der Waals surface area contributed by atoms with Crippen LogP contribution in [0.1, 0.15) is 45.3 Å². The largest absolute Gasteiger partial charge is 0.444 e. The molecule has 3 rings (SSSR count). The summed E-state index contributed by atoms with van der Waals surface area (Å²) in [5.74, 6) is -3.70. The highest BCUT2D eigenvalue weighted by atomic mass is 19.3. The summed E-state index contributed by atoms with van der Waals surface area (Å²) in [4.78, 5) is 21.8. The molecule has 2 aromatic rings. The third kappa shape index (κ3) is 4.37.